The van der Waals surface area contributed by atoms with Crippen LogP contribution in [0.25, 0.3) is 0 Å². The zero-order chi connectivity index (χ0) is 18.0. The largest absolute Gasteiger partial charge is 0.469 e. The summed E-state index contributed by atoms with van der Waals surface area (Å²) in [7, 11) is 0. The molecule has 2 aliphatic rings. The number of hydrogen-bond donors (Lipinski definition) is 2. The van der Waals surface area contributed by atoms with E-state index in [0.717, 1.165) is 57.5 Å². The molecule has 2 N–H and O–H groups in total. The molecule has 26 heavy (non-hydrogen) atoms. The molecular weight excluding hydrogens is 328 g/mol. The lowest BCUT2D eigenvalue weighted by atomic mass is 9.96. The average Bonchev–Trinajstić information content (AvgIpc) is 3.21. The van der Waals surface area contributed by atoms with Crippen molar-refractivity contribution in [2.24, 2.45) is 4.99 Å². The molecule has 1 aliphatic carbocycles. The highest BCUT2D eigenvalue weighted by molar-refractivity contribution is 5.80. The van der Waals surface area contributed by atoms with Crippen LogP contribution in [0.5, 0.6) is 0 Å². The minimum Gasteiger partial charge on any atom is -0.469 e. The zero-order valence-corrected chi connectivity index (χ0v) is 16.1. The maximum absolute atomic E-state index is 5.45. The number of aliphatic imine (C=N–C) groups is 1. The van der Waals surface area contributed by atoms with Gasteiger partial charge in [0.1, 0.15) is 5.76 Å². The standard InChI is InChI=1S/C20H34N4O2/c1-17(24-11-14-25-15-12-24)16-22-20(23-18-6-3-2-4-7-18)21-10-9-19-8-5-13-26-19/h5,8,13,17-18H,2-4,6-7,9-12,14-16H2,1H3,(H2,21,22,23). The average molecular weight is 363 g/mol. The van der Waals surface area contributed by atoms with Gasteiger partial charge in [-0.2, -0.15) is 0 Å². The maximum Gasteiger partial charge on any atom is 0.191 e. The van der Waals surface area contributed by atoms with Gasteiger partial charge in [-0.05, 0) is 31.9 Å². The van der Waals surface area contributed by atoms with Crippen LogP contribution < -0.4 is 10.6 Å². The second kappa shape index (κ2) is 10.6. The Bertz CT molecular complexity index is 520. The Kier molecular flexibility index (Phi) is 7.83. The lowest BCUT2D eigenvalue weighted by molar-refractivity contribution is 0.0220. The summed E-state index contributed by atoms with van der Waals surface area (Å²) in [5.41, 5.74) is 0. The molecule has 1 saturated heterocycles. The van der Waals surface area contributed by atoms with E-state index in [-0.39, 0.29) is 0 Å². The molecule has 6 nitrogen and oxygen atoms in total. The van der Waals surface area contributed by atoms with E-state index in [4.69, 9.17) is 14.1 Å². The third-order valence-corrected chi connectivity index (χ3v) is 5.37. The molecule has 1 saturated carbocycles. The Hall–Kier alpha value is -1.53. The van der Waals surface area contributed by atoms with E-state index in [0.29, 0.717) is 12.1 Å². The second-order valence-electron chi connectivity index (χ2n) is 7.42. The van der Waals surface area contributed by atoms with Crippen molar-refractivity contribution in [1.82, 2.24) is 15.5 Å². The summed E-state index contributed by atoms with van der Waals surface area (Å²) in [6, 6.07) is 4.95. The SMILES string of the molecule is CC(CN=C(NCCc1ccco1)NC1CCCCC1)N1CCOCC1. The lowest BCUT2D eigenvalue weighted by Crippen LogP contribution is -2.47. The van der Waals surface area contributed by atoms with Crippen LogP contribution in [0.4, 0.5) is 0 Å². The fourth-order valence-electron chi connectivity index (χ4n) is 3.71. The molecule has 0 amide bonds. The van der Waals surface area contributed by atoms with Crippen molar-refractivity contribution in [3.05, 3.63) is 24.2 Å². The molecule has 0 bridgehead atoms. The van der Waals surface area contributed by atoms with Gasteiger partial charge >= 0.3 is 0 Å². The van der Waals surface area contributed by atoms with Gasteiger partial charge < -0.3 is 19.8 Å². The van der Waals surface area contributed by atoms with Crippen LogP contribution in [-0.4, -0.2) is 62.3 Å². The van der Waals surface area contributed by atoms with Crippen molar-refractivity contribution >= 4 is 5.96 Å². The van der Waals surface area contributed by atoms with Crippen molar-refractivity contribution < 1.29 is 9.15 Å². The van der Waals surface area contributed by atoms with Gasteiger partial charge in [0.25, 0.3) is 0 Å². The summed E-state index contributed by atoms with van der Waals surface area (Å²) in [6.07, 6.45) is 9.11. The molecule has 1 aliphatic heterocycles. The number of ether oxygens (including phenoxy) is 1. The van der Waals surface area contributed by atoms with Crippen molar-refractivity contribution in [1.29, 1.82) is 0 Å². The van der Waals surface area contributed by atoms with E-state index >= 15 is 0 Å². The molecule has 0 aromatic carbocycles. The van der Waals surface area contributed by atoms with E-state index in [1.54, 1.807) is 6.26 Å². The fraction of sp³-hybridized carbons (Fsp3) is 0.750. The summed E-state index contributed by atoms with van der Waals surface area (Å²) in [6.45, 7) is 7.59. The van der Waals surface area contributed by atoms with Crippen LogP contribution in [0.1, 0.15) is 44.8 Å². The van der Waals surface area contributed by atoms with E-state index in [1.165, 1.54) is 32.1 Å². The number of morpholine rings is 1. The number of guanidine groups is 1. The fourth-order valence-corrected chi connectivity index (χ4v) is 3.71. The van der Waals surface area contributed by atoms with Crippen LogP contribution in [0, 0.1) is 0 Å². The Morgan fingerprint density at radius 1 is 1.27 bits per heavy atom. The topological polar surface area (TPSA) is 62.0 Å². The van der Waals surface area contributed by atoms with E-state index in [9.17, 15) is 0 Å². The number of nitrogens with one attached hydrogen (secondary N) is 2. The van der Waals surface area contributed by atoms with E-state index in [2.05, 4.69) is 22.5 Å². The quantitative estimate of drug-likeness (QED) is 0.576. The van der Waals surface area contributed by atoms with Gasteiger partial charge in [-0.3, -0.25) is 9.89 Å². The highest BCUT2D eigenvalue weighted by atomic mass is 16.5. The van der Waals surface area contributed by atoms with Gasteiger partial charge in [0, 0.05) is 38.1 Å². The highest BCUT2D eigenvalue weighted by Gasteiger charge is 2.18. The lowest BCUT2D eigenvalue weighted by Gasteiger charge is -2.31. The van der Waals surface area contributed by atoms with Gasteiger partial charge in [-0.25, -0.2) is 0 Å². The first-order valence-electron chi connectivity index (χ1n) is 10.2. The first kappa shape index (κ1) is 19.2. The predicted octanol–water partition coefficient (Wildman–Crippen LogP) is 2.41. The smallest absolute Gasteiger partial charge is 0.191 e. The summed E-state index contributed by atoms with van der Waals surface area (Å²) >= 11 is 0. The molecule has 1 unspecified atom stereocenters. The first-order chi connectivity index (χ1) is 12.8. The minimum absolute atomic E-state index is 0.439. The van der Waals surface area contributed by atoms with Crippen molar-refractivity contribution in [2.75, 3.05) is 39.4 Å². The number of furan rings is 1. The molecule has 0 spiro atoms. The van der Waals surface area contributed by atoms with Crippen molar-refractivity contribution in [2.45, 2.75) is 57.5 Å². The summed E-state index contributed by atoms with van der Waals surface area (Å²) < 4.78 is 10.9. The molecule has 146 valence electrons. The number of rotatable bonds is 7. The third-order valence-electron chi connectivity index (χ3n) is 5.37. The third kappa shape index (κ3) is 6.32. The van der Waals surface area contributed by atoms with Gasteiger partial charge in [0.15, 0.2) is 5.96 Å². The normalized spacial score (nSPS) is 21.5. The number of nitrogens with zero attached hydrogens (tertiary/aromatic N) is 2. The van der Waals surface area contributed by atoms with Crippen LogP contribution in [0.2, 0.25) is 0 Å². The molecule has 1 atom stereocenters. The molecule has 1 aromatic rings. The van der Waals surface area contributed by atoms with Gasteiger partial charge in [-0.15, -0.1) is 0 Å². The molecule has 2 fully saturated rings. The highest BCUT2D eigenvalue weighted by Crippen LogP contribution is 2.17. The molecule has 6 heteroatoms. The Morgan fingerprint density at radius 3 is 2.81 bits per heavy atom. The monoisotopic (exact) mass is 362 g/mol. The van der Waals surface area contributed by atoms with Crippen LogP contribution in [0.15, 0.2) is 27.8 Å². The zero-order valence-electron chi connectivity index (χ0n) is 16.1. The molecule has 1 aromatic heterocycles. The first-order valence-corrected chi connectivity index (χ1v) is 10.2. The Labute approximate surface area is 157 Å². The van der Waals surface area contributed by atoms with Gasteiger partial charge in [0.2, 0.25) is 0 Å². The molecule has 2 heterocycles. The Morgan fingerprint density at radius 2 is 2.08 bits per heavy atom. The van der Waals surface area contributed by atoms with Gasteiger partial charge in [0.05, 0.1) is 26.0 Å². The van der Waals surface area contributed by atoms with Crippen molar-refractivity contribution in [3.8, 4) is 0 Å². The van der Waals surface area contributed by atoms with Crippen LogP contribution >= 0.6 is 0 Å². The second-order valence-corrected chi connectivity index (χ2v) is 7.42. The van der Waals surface area contributed by atoms with E-state index < -0.39 is 0 Å². The molecule has 0 radical (unpaired) electrons. The minimum atomic E-state index is 0.439. The summed E-state index contributed by atoms with van der Waals surface area (Å²) in [5.74, 6) is 1.96. The van der Waals surface area contributed by atoms with E-state index in [1.807, 2.05) is 12.1 Å². The maximum atomic E-state index is 5.45. The van der Waals surface area contributed by atoms with Gasteiger partial charge in [-0.1, -0.05) is 19.3 Å². The van der Waals surface area contributed by atoms with Crippen LogP contribution in [-0.2, 0) is 11.2 Å². The molecule has 3 rings (SSSR count). The van der Waals surface area contributed by atoms with Crippen LogP contribution in [0.3, 0.4) is 0 Å². The number of hydrogen-bond acceptors (Lipinski definition) is 4. The summed E-state index contributed by atoms with van der Waals surface area (Å²) in [4.78, 5) is 7.36. The Balaban J connectivity index is 1.51. The summed E-state index contributed by atoms with van der Waals surface area (Å²) in [5, 5.41) is 7.16. The molecular formula is C20H34N4O2. The predicted molar refractivity (Wildman–Crippen MR) is 105 cm³/mol. The van der Waals surface area contributed by atoms with Crippen molar-refractivity contribution in [3.63, 3.8) is 0 Å².